The van der Waals surface area contributed by atoms with Gasteiger partial charge in [-0.2, -0.15) is 5.26 Å². The van der Waals surface area contributed by atoms with Crippen LogP contribution in [0.3, 0.4) is 0 Å². The SMILES string of the molecule is CC1CCCN(c2cncc(C(=O)Nc3cccc(C#N)c3)c2)C1. The Hall–Kier alpha value is -2.87. The molecule has 1 atom stereocenters. The second kappa shape index (κ2) is 7.14. The number of anilines is 2. The normalized spacial score (nSPS) is 17.2. The molecule has 1 amide bonds. The number of piperidine rings is 1. The van der Waals surface area contributed by atoms with Crippen LogP contribution >= 0.6 is 0 Å². The largest absolute Gasteiger partial charge is 0.370 e. The Morgan fingerprint density at radius 2 is 2.25 bits per heavy atom. The van der Waals surface area contributed by atoms with Gasteiger partial charge in [0.05, 0.1) is 29.1 Å². The van der Waals surface area contributed by atoms with Crippen molar-refractivity contribution in [2.75, 3.05) is 23.3 Å². The van der Waals surface area contributed by atoms with Crippen LogP contribution in [0.2, 0.25) is 0 Å². The molecule has 1 N–H and O–H groups in total. The molecule has 122 valence electrons. The van der Waals surface area contributed by atoms with Gasteiger partial charge in [0.1, 0.15) is 0 Å². The summed E-state index contributed by atoms with van der Waals surface area (Å²) in [6, 6.07) is 10.8. The molecule has 5 nitrogen and oxygen atoms in total. The number of benzene rings is 1. The third-order valence-corrected chi connectivity index (χ3v) is 4.26. The number of amides is 1. The van der Waals surface area contributed by atoms with Crippen molar-refractivity contribution in [1.29, 1.82) is 5.26 Å². The number of nitriles is 1. The first kappa shape index (κ1) is 16.0. The molecule has 1 saturated heterocycles. The lowest BCUT2D eigenvalue weighted by Crippen LogP contribution is -2.34. The highest BCUT2D eigenvalue weighted by Crippen LogP contribution is 2.23. The zero-order valence-electron chi connectivity index (χ0n) is 13.7. The summed E-state index contributed by atoms with van der Waals surface area (Å²) in [5.74, 6) is 0.439. The van der Waals surface area contributed by atoms with E-state index in [0.29, 0.717) is 22.7 Å². The van der Waals surface area contributed by atoms with Crippen LogP contribution in [0.4, 0.5) is 11.4 Å². The van der Waals surface area contributed by atoms with E-state index >= 15 is 0 Å². The molecular weight excluding hydrogens is 300 g/mol. The zero-order valence-corrected chi connectivity index (χ0v) is 13.7. The molecule has 1 aliphatic heterocycles. The maximum Gasteiger partial charge on any atom is 0.257 e. The molecule has 0 bridgehead atoms. The van der Waals surface area contributed by atoms with E-state index in [-0.39, 0.29) is 5.91 Å². The predicted molar refractivity (Wildman–Crippen MR) is 94.0 cm³/mol. The first-order chi connectivity index (χ1) is 11.7. The van der Waals surface area contributed by atoms with Crippen molar-refractivity contribution in [3.05, 3.63) is 53.9 Å². The minimum Gasteiger partial charge on any atom is -0.370 e. The van der Waals surface area contributed by atoms with Crippen LogP contribution in [-0.2, 0) is 0 Å². The van der Waals surface area contributed by atoms with E-state index in [1.807, 2.05) is 12.3 Å². The van der Waals surface area contributed by atoms with Gasteiger partial charge in [0.2, 0.25) is 0 Å². The Morgan fingerprint density at radius 3 is 3.04 bits per heavy atom. The Kier molecular flexibility index (Phi) is 4.76. The summed E-state index contributed by atoms with van der Waals surface area (Å²) in [7, 11) is 0. The lowest BCUT2D eigenvalue weighted by Gasteiger charge is -2.32. The molecular formula is C19H20N4O. The second-order valence-electron chi connectivity index (χ2n) is 6.27. The third kappa shape index (κ3) is 3.72. The zero-order chi connectivity index (χ0) is 16.9. The fraction of sp³-hybridized carbons (Fsp3) is 0.316. The number of pyridine rings is 1. The molecule has 2 heterocycles. The fourth-order valence-corrected chi connectivity index (χ4v) is 3.02. The molecule has 5 heteroatoms. The van der Waals surface area contributed by atoms with Gasteiger partial charge in [0.25, 0.3) is 5.91 Å². The van der Waals surface area contributed by atoms with E-state index in [2.05, 4.69) is 28.2 Å². The number of nitrogens with zero attached hydrogens (tertiary/aromatic N) is 3. The average molecular weight is 320 g/mol. The van der Waals surface area contributed by atoms with E-state index in [1.54, 1.807) is 30.5 Å². The molecule has 3 rings (SSSR count). The summed E-state index contributed by atoms with van der Waals surface area (Å²) < 4.78 is 0. The number of aromatic nitrogens is 1. The Balaban J connectivity index is 1.75. The van der Waals surface area contributed by atoms with Crippen LogP contribution in [0, 0.1) is 17.2 Å². The number of carbonyl (C=O) groups is 1. The van der Waals surface area contributed by atoms with Crippen LogP contribution in [0.5, 0.6) is 0 Å². The molecule has 1 unspecified atom stereocenters. The quantitative estimate of drug-likeness (QED) is 0.940. The van der Waals surface area contributed by atoms with E-state index in [4.69, 9.17) is 5.26 Å². The lowest BCUT2D eigenvalue weighted by atomic mass is 10.00. The van der Waals surface area contributed by atoms with Gasteiger partial charge >= 0.3 is 0 Å². The highest BCUT2D eigenvalue weighted by Gasteiger charge is 2.18. The molecule has 0 aliphatic carbocycles. The van der Waals surface area contributed by atoms with Crippen molar-refractivity contribution in [2.45, 2.75) is 19.8 Å². The van der Waals surface area contributed by atoms with Gasteiger partial charge in [-0.3, -0.25) is 9.78 Å². The molecule has 1 aromatic heterocycles. The summed E-state index contributed by atoms with van der Waals surface area (Å²) in [5, 5.41) is 11.8. The molecule has 0 spiro atoms. The summed E-state index contributed by atoms with van der Waals surface area (Å²) in [5.41, 5.74) is 2.63. The van der Waals surface area contributed by atoms with Crippen molar-refractivity contribution < 1.29 is 4.79 Å². The van der Waals surface area contributed by atoms with Crippen LogP contribution in [0.15, 0.2) is 42.7 Å². The van der Waals surface area contributed by atoms with Gasteiger partial charge in [-0.25, -0.2) is 0 Å². The van der Waals surface area contributed by atoms with Crippen molar-refractivity contribution in [3.63, 3.8) is 0 Å². The number of rotatable bonds is 3. The van der Waals surface area contributed by atoms with Crippen molar-refractivity contribution >= 4 is 17.3 Å². The summed E-state index contributed by atoms with van der Waals surface area (Å²) in [4.78, 5) is 19.0. The van der Waals surface area contributed by atoms with Gasteiger partial charge in [0, 0.05) is 25.0 Å². The summed E-state index contributed by atoms with van der Waals surface area (Å²) >= 11 is 0. The molecule has 1 aliphatic rings. The molecule has 0 saturated carbocycles. The minimum atomic E-state index is -0.218. The molecule has 1 aromatic carbocycles. The van der Waals surface area contributed by atoms with Crippen LogP contribution in [0.25, 0.3) is 0 Å². The first-order valence-corrected chi connectivity index (χ1v) is 8.17. The predicted octanol–water partition coefficient (Wildman–Crippen LogP) is 3.44. The van der Waals surface area contributed by atoms with E-state index in [0.717, 1.165) is 18.8 Å². The van der Waals surface area contributed by atoms with Crippen LogP contribution < -0.4 is 10.2 Å². The Labute approximate surface area is 141 Å². The third-order valence-electron chi connectivity index (χ3n) is 4.26. The molecule has 24 heavy (non-hydrogen) atoms. The number of nitrogens with one attached hydrogen (secondary N) is 1. The molecule has 2 aromatic rings. The van der Waals surface area contributed by atoms with E-state index in [9.17, 15) is 4.79 Å². The van der Waals surface area contributed by atoms with E-state index < -0.39 is 0 Å². The van der Waals surface area contributed by atoms with Gasteiger partial charge < -0.3 is 10.2 Å². The number of hydrogen-bond acceptors (Lipinski definition) is 4. The van der Waals surface area contributed by atoms with Crippen molar-refractivity contribution in [2.24, 2.45) is 5.92 Å². The molecule has 1 fully saturated rings. The smallest absolute Gasteiger partial charge is 0.257 e. The Morgan fingerprint density at radius 1 is 1.38 bits per heavy atom. The van der Waals surface area contributed by atoms with Gasteiger partial charge in [0.15, 0.2) is 0 Å². The maximum atomic E-state index is 12.5. The maximum absolute atomic E-state index is 12.5. The summed E-state index contributed by atoms with van der Waals surface area (Å²) in [6.07, 6.45) is 5.79. The highest BCUT2D eigenvalue weighted by atomic mass is 16.1. The van der Waals surface area contributed by atoms with Crippen molar-refractivity contribution in [1.82, 2.24) is 4.98 Å². The van der Waals surface area contributed by atoms with Crippen LogP contribution in [0.1, 0.15) is 35.7 Å². The molecule has 0 radical (unpaired) electrons. The Bertz CT molecular complexity index is 781. The highest BCUT2D eigenvalue weighted by molar-refractivity contribution is 6.04. The van der Waals surface area contributed by atoms with E-state index in [1.165, 1.54) is 12.8 Å². The van der Waals surface area contributed by atoms with Crippen LogP contribution in [-0.4, -0.2) is 24.0 Å². The number of carbonyl (C=O) groups excluding carboxylic acids is 1. The fourth-order valence-electron chi connectivity index (χ4n) is 3.02. The second-order valence-corrected chi connectivity index (χ2v) is 6.27. The topological polar surface area (TPSA) is 69.0 Å². The lowest BCUT2D eigenvalue weighted by molar-refractivity contribution is 0.102. The van der Waals surface area contributed by atoms with Crippen molar-refractivity contribution in [3.8, 4) is 6.07 Å². The number of hydrogen-bond donors (Lipinski definition) is 1. The van der Waals surface area contributed by atoms with Gasteiger partial charge in [-0.1, -0.05) is 13.0 Å². The summed E-state index contributed by atoms with van der Waals surface area (Å²) in [6.45, 7) is 4.25. The van der Waals surface area contributed by atoms with Gasteiger partial charge in [-0.15, -0.1) is 0 Å². The first-order valence-electron chi connectivity index (χ1n) is 8.17. The standard InChI is InChI=1S/C19H20N4O/c1-14-4-3-7-23(13-14)18-9-16(11-21-12-18)19(24)22-17-6-2-5-15(8-17)10-20/h2,5-6,8-9,11-12,14H,3-4,7,13H2,1H3,(H,22,24). The minimum absolute atomic E-state index is 0.218. The monoisotopic (exact) mass is 320 g/mol. The van der Waals surface area contributed by atoms with Gasteiger partial charge in [-0.05, 0) is 43.0 Å². The average Bonchev–Trinajstić information content (AvgIpc) is 2.62.